The molecule has 4 heteroatoms. The van der Waals surface area contributed by atoms with E-state index in [1.54, 1.807) is 12.2 Å². The molecular formula is C22H30O4. The van der Waals surface area contributed by atoms with Gasteiger partial charge in [-0.1, -0.05) is 32.4 Å². The summed E-state index contributed by atoms with van der Waals surface area (Å²) >= 11 is 0. The first-order chi connectivity index (χ1) is 12.2. The van der Waals surface area contributed by atoms with Gasteiger partial charge in [0.1, 0.15) is 6.61 Å². The lowest BCUT2D eigenvalue weighted by Gasteiger charge is -2.58. The summed E-state index contributed by atoms with van der Waals surface area (Å²) in [6.45, 7) is 6.04. The maximum Gasteiger partial charge on any atom is 0.178 e. The summed E-state index contributed by atoms with van der Waals surface area (Å²) in [6, 6.07) is 0. The van der Waals surface area contributed by atoms with E-state index in [0.29, 0.717) is 18.3 Å². The van der Waals surface area contributed by atoms with Gasteiger partial charge in [0.05, 0.1) is 6.10 Å². The molecule has 3 fully saturated rings. The minimum Gasteiger partial charge on any atom is -0.393 e. The van der Waals surface area contributed by atoms with E-state index in [1.807, 2.05) is 6.08 Å². The van der Waals surface area contributed by atoms with Crippen molar-refractivity contribution in [2.24, 2.45) is 40.4 Å². The second-order valence-corrected chi connectivity index (χ2v) is 9.62. The third kappa shape index (κ3) is 2.27. The number of carbonyl (C=O) groups is 2. The minimum absolute atomic E-state index is 0.0501. The van der Waals surface area contributed by atoms with Crippen LogP contribution in [0, 0.1) is 40.4 Å². The Morgan fingerprint density at radius 3 is 2.77 bits per heavy atom. The molecule has 8 atom stereocenters. The second-order valence-electron chi connectivity index (χ2n) is 9.62. The van der Waals surface area contributed by atoms with Gasteiger partial charge in [-0.05, 0) is 61.0 Å². The van der Waals surface area contributed by atoms with Gasteiger partial charge in [-0.15, -0.1) is 0 Å². The first kappa shape index (κ1) is 18.1. The van der Waals surface area contributed by atoms with Crippen LogP contribution in [0.1, 0.15) is 46.5 Å². The number of aliphatic hydroxyl groups excluding tert-OH is 2. The lowest BCUT2D eigenvalue weighted by molar-refractivity contribution is -0.142. The molecule has 4 aliphatic rings. The molecule has 0 aromatic heterocycles. The third-order valence-corrected chi connectivity index (χ3v) is 8.34. The molecular weight excluding hydrogens is 328 g/mol. The molecule has 0 amide bonds. The Labute approximate surface area is 155 Å². The van der Waals surface area contributed by atoms with Gasteiger partial charge in [0.15, 0.2) is 11.6 Å². The molecule has 0 unspecified atom stereocenters. The van der Waals surface area contributed by atoms with Crippen molar-refractivity contribution < 1.29 is 19.8 Å². The van der Waals surface area contributed by atoms with Crippen LogP contribution in [0.15, 0.2) is 23.8 Å². The molecule has 2 N–H and O–H groups in total. The van der Waals surface area contributed by atoms with Gasteiger partial charge in [-0.2, -0.15) is 0 Å². The number of carbonyl (C=O) groups excluding carboxylic acids is 2. The van der Waals surface area contributed by atoms with Crippen molar-refractivity contribution in [1.29, 1.82) is 0 Å². The van der Waals surface area contributed by atoms with Crippen molar-refractivity contribution in [2.75, 3.05) is 6.61 Å². The monoisotopic (exact) mass is 358 g/mol. The zero-order valence-electron chi connectivity index (χ0n) is 15.9. The highest BCUT2D eigenvalue weighted by Crippen LogP contribution is 2.67. The number of hydrogen-bond donors (Lipinski definition) is 2. The first-order valence-corrected chi connectivity index (χ1v) is 9.98. The van der Waals surface area contributed by atoms with Gasteiger partial charge in [-0.3, -0.25) is 9.59 Å². The predicted octanol–water partition coefficient (Wildman–Crippen LogP) is 2.69. The number of Topliss-reactive ketones (excluding diaryl/α,β-unsaturated/α-hetero) is 1. The fourth-order valence-electron chi connectivity index (χ4n) is 7.48. The van der Waals surface area contributed by atoms with Gasteiger partial charge in [0, 0.05) is 17.3 Å². The maximum atomic E-state index is 12.5. The number of fused-ring (bicyclic) bond motifs is 5. The van der Waals surface area contributed by atoms with E-state index >= 15 is 0 Å². The van der Waals surface area contributed by atoms with Crippen molar-refractivity contribution >= 4 is 11.6 Å². The number of aliphatic hydroxyl groups is 2. The van der Waals surface area contributed by atoms with Crippen LogP contribution >= 0.6 is 0 Å². The molecule has 0 aliphatic heterocycles. The van der Waals surface area contributed by atoms with Gasteiger partial charge in [0.25, 0.3) is 0 Å². The summed E-state index contributed by atoms with van der Waals surface area (Å²) in [4.78, 5) is 24.3. The largest absolute Gasteiger partial charge is 0.393 e. The molecule has 0 aromatic carbocycles. The zero-order valence-corrected chi connectivity index (χ0v) is 15.9. The molecule has 26 heavy (non-hydrogen) atoms. The third-order valence-electron chi connectivity index (χ3n) is 8.34. The Kier molecular flexibility index (Phi) is 4.09. The lowest BCUT2D eigenvalue weighted by atomic mass is 9.46. The van der Waals surface area contributed by atoms with Crippen LogP contribution in [0.3, 0.4) is 0 Å². The van der Waals surface area contributed by atoms with Crippen molar-refractivity contribution in [2.45, 2.75) is 52.6 Å². The Bertz CT molecular complexity index is 707. The second kappa shape index (κ2) is 5.87. The van der Waals surface area contributed by atoms with E-state index in [2.05, 4.69) is 20.8 Å². The average Bonchev–Trinajstić information content (AvgIpc) is 2.84. The predicted molar refractivity (Wildman–Crippen MR) is 98.1 cm³/mol. The highest BCUT2D eigenvalue weighted by atomic mass is 16.3. The Morgan fingerprint density at radius 1 is 1.35 bits per heavy atom. The standard InChI is InChI=1S/C22H30O4/c1-12-8-16-15-5-4-13-9-14(24)6-7-21(13,2)20(15)17(25)10-22(16,3)19(12)18(26)11-23/h6-7,9,12,15-17,19-20,23,25H,4-5,8,10-11H2,1-3H3/t12-,15+,16+,17+,19-,20-,21+,22+/m1/s1. The molecule has 4 rings (SSSR count). The lowest BCUT2D eigenvalue weighted by Crippen LogP contribution is -2.56. The smallest absolute Gasteiger partial charge is 0.178 e. The Balaban J connectivity index is 1.74. The van der Waals surface area contributed by atoms with Crippen molar-refractivity contribution in [3.05, 3.63) is 23.8 Å². The molecule has 3 saturated carbocycles. The van der Waals surface area contributed by atoms with Crippen LogP contribution in [0.5, 0.6) is 0 Å². The average molecular weight is 358 g/mol. The summed E-state index contributed by atoms with van der Waals surface area (Å²) in [6.07, 6.45) is 8.39. The Morgan fingerprint density at radius 2 is 2.08 bits per heavy atom. The Hall–Kier alpha value is -1.26. The SMILES string of the molecule is C[C@@H]1C[C@H]2[C@@H]3CCC4=CC(=O)C=C[C@]4(C)[C@H]3[C@@H](O)C[C@]2(C)[C@H]1C(=O)CO. The van der Waals surface area contributed by atoms with E-state index in [-0.39, 0.29) is 40.2 Å². The van der Waals surface area contributed by atoms with Gasteiger partial charge in [-0.25, -0.2) is 0 Å². The molecule has 0 aromatic rings. The summed E-state index contributed by atoms with van der Waals surface area (Å²) < 4.78 is 0. The maximum absolute atomic E-state index is 12.5. The minimum atomic E-state index is -0.493. The number of rotatable bonds is 2. The molecule has 0 spiro atoms. The summed E-state index contributed by atoms with van der Waals surface area (Å²) in [5, 5.41) is 20.7. The number of hydrogen-bond acceptors (Lipinski definition) is 4. The van der Waals surface area contributed by atoms with Crippen molar-refractivity contribution in [3.63, 3.8) is 0 Å². The van der Waals surface area contributed by atoms with Crippen LogP contribution in [-0.4, -0.2) is 34.5 Å². The number of allylic oxidation sites excluding steroid dienone is 4. The van der Waals surface area contributed by atoms with E-state index < -0.39 is 12.7 Å². The first-order valence-electron chi connectivity index (χ1n) is 9.98. The van der Waals surface area contributed by atoms with E-state index in [9.17, 15) is 19.8 Å². The molecule has 0 radical (unpaired) electrons. The quantitative estimate of drug-likeness (QED) is 0.796. The normalized spacial score (nSPS) is 49.9. The molecule has 4 nitrogen and oxygen atoms in total. The van der Waals surface area contributed by atoms with Crippen LogP contribution in [0.2, 0.25) is 0 Å². The topological polar surface area (TPSA) is 74.6 Å². The highest BCUT2D eigenvalue weighted by molar-refractivity contribution is 6.01. The van der Waals surface area contributed by atoms with Crippen LogP contribution < -0.4 is 0 Å². The zero-order chi connectivity index (χ0) is 18.9. The highest BCUT2D eigenvalue weighted by Gasteiger charge is 2.64. The fourth-order valence-corrected chi connectivity index (χ4v) is 7.48. The van der Waals surface area contributed by atoms with E-state index in [0.717, 1.165) is 24.8 Å². The fraction of sp³-hybridized carbons (Fsp3) is 0.727. The van der Waals surface area contributed by atoms with E-state index in [4.69, 9.17) is 0 Å². The number of ketones is 2. The summed E-state index contributed by atoms with van der Waals surface area (Å²) in [5.74, 6) is 0.886. The van der Waals surface area contributed by atoms with Crippen LogP contribution in [-0.2, 0) is 9.59 Å². The molecule has 142 valence electrons. The van der Waals surface area contributed by atoms with Gasteiger partial charge < -0.3 is 10.2 Å². The molecule has 0 saturated heterocycles. The molecule has 0 bridgehead atoms. The van der Waals surface area contributed by atoms with Crippen molar-refractivity contribution in [3.8, 4) is 0 Å². The van der Waals surface area contributed by atoms with Gasteiger partial charge in [0.2, 0.25) is 0 Å². The summed E-state index contributed by atoms with van der Waals surface area (Å²) in [5.41, 5.74) is 0.647. The van der Waals surface area contributed by atoms with E-state index in [1.165, 1.54) is 0 Å². The van der Waals surface area contributed by atoms with Crippen LogP contribution in [0.4, 0.5) is 0 Å². The molecule has 4 aliphatic carbocycles. The van der Waals surface area contributed by atoms with Gasteiger partial charge >= 0.3 is 0 Å². The van der Waals surface area contributed by atoms with Crippen molar-refractivity contribution in [1.82, 2.24) is 0 Å². The summed E-state index contributed by atoms with van der Waals surface area (Å²) in [7, 11) is 0. The van der Waals surface area contributed by atoms with Crippen LogP contribution in [0.25, 0.3) is 0 Å². The molecule has 0 heterocycles.